The van der Waals surface area contributed by atoms with E-state index < -0.39 is 63.3 Å². The first-order valence-electron chi connectivity index (χ1n) is 17.2. The highest BCUT2D eigenvalue weighted by atomic mass is 35.5. The lowest BCUT2D eigenvalue weighted by molar-refractivity contribution is 0.194. The second kappa shape index (κ2) is 9.84. The maximum atomic E-state index is 12.7. The second-order valence-electron chi connectivity index (χ2n) is 6.36. The van der Waals surface area contributed by atoms with Crippen LogP contribution >= 0.6 is 11.6 Å². The number of carbonyl (C=O) groups excluding carboxylic acids is 1. The number of nitrogens with zero attached hydrogens (tertiary/aromatic N) is 3. The van der Waals surface area contributed by atoms with E-state index in [-0.39, 0.29) is 31.1 Å². The Hall–Kier alpha value is -1.46. The number of halogens is 1. The zero-order valence-electron chi connectivity index (χ0n) is 32.7. The molecule has 0 aromatic heterocycles. The Bertz CT molecular complexity index is 1280. The molecule has 2 aliphatic rings. The summed E-state index contributed by atoms with van der Waals surface area (Å²) in [6.45, 7) is -5.15. The number of aryl methyl sites for hydroxylation is 1. The fraction of sp³-hybridized carbons (Fsp3) is 0.682. The van der Waals surface area contributed by atoms with Crippen molar-refractivity contribution in [1.82, 2.24) is 15.1 Å². The fourth-order valence-electron chi connectivity index (χ4n) is 2.70. The lowest BCUT2D eigenvalue weighted by Crippen LogP contribution is -2.47. The number of benzene rings is 1. The number of anilines is 1. The van der Waals surface area contributed by atoms with E-state index in [2.05, 4.69) is 0 Å². The van der Waals surface area contributed by atoms with Crippen LogP contribution in [0.5, 0.6) is 0 Å². The van der Waals surface area contributed by atoms with Gasteiger partial charge in [0, 0.05) is 68.2 Å². The Balaban J connectivity index is 2.09. The minimum Gasteiger partial charge on any atom is -0.368 e. The van der Waals surface area contributed by atoms with Gasteiger partial charge >= 0.3 is 6.03 Å². The highest BCUT2D eigenvalue weighted by Gasteiger charge is 2.24. The van der Waals surface area contributed by atoms with Gasteiger partial charge in [0.1, 0.15) is 0 Å². The zero-order chi connectivity index (χ0) is 35.2. The third-order valence-corrected chi connectivity index (χ3v) is 4.78. The number of piperazine rings is 1. The number of amides is 2. The van der Waals surface area contributed by atoms with E-state index in [4.69, 9.17) is 34.9 Å². The quantitative estimate of drug-likeness (QED) is 0.778. The van der Waals surface area contributed by atoms with Gasteiger partial charge in [-0.1, -0.05) is 23.7 Å². The SMILES string of the molecule is [2H]C([2H])([2H])N(C)C(=O)NC1([2H])C([2H])([2H])C([2H])([2H])C([2H])(C([2H])([2H])C([2H])([2H])N2CCN(c3cccc(C)c3Cl)CC2)C([2H])([2H])C1([2H])[2H]. The Labute approximate surface area is 198 Å². The molecule has 2 fully saturated rings. The summed E-state index contributed by atoms with van der Waals surface area (Å²) >= 11 is 6.41. The van der Waals surface area contributed by atoms with E-state index in [1.807, 2.05) is 0 Å². The van der Waals surface area contributed by atoms with Crippen LogP contribution in [0.15, 0.2) is 18.2 Å². The van der Waals surface area contributed by atoms with E-state index in [1.165, 1.54) is 5.32 Å². The lowest BCUT2D eigenvalue weighted by Gasteiger charge is -2.37. The molecule has 3 rings (SSSR count). The summed E-state index contributed by atoms with van der Waals surface area (Å²) in [5.74, 6) is -4.26. The van der Waals surface area contributed by atoms with Gasteiger partial charge in [-0.25, -0.2) is 4.79 Å². The Kier molecular flexibility index (Phi) is 2.93. The maximum absolute atomic E-state index is 12.7. The summed E-state index contributed by atoms with van der Waals surface area (Å²) in [5.41, 5.74) is 1.40. The Morgan fingerprint density at radius 1 is 1.36 bits per heavy atom. The average molecular weight is 424 g/mol. The lowest BCUT2D eigenvalue weighted by atomic mass is 9.84. The smallest absolute Gasteiger partial charge is 0.317 e. The molecular weight excluding hydrogens is 372 g/mol. The van der Waals surface area contributed by atoms with Crippen LogP contribution in [-0.4, -0.2) is 68.5 Å². The molecule has 1 saturated heterocycles. The third-order valence-electron chi connectivity index (χ3n) is 4.29. The summed E-state index contributed by atoms with van der Waals surface area (Å²) in [7, 11) is 0.692. The molecule has 1 aliphatic heterocycles. The molecule has 5 nitrogen and oxygen atoms in total. The van der Waals surface area contributed by atoms with Gasteiger partial charge in [-0.05, 0) is 62.8 Å². The summed E-state index contributed by atoms with van der Waals surface area (Å²) in [6.07, 6.45) is -20.8. The van der Waals surface area contributed by atoms with E-state index in [0.29, 0.717) is 17.8 Å². The van der Waals surface area contributed by atoms with E-state index >= 15 is 0 Å². The first-order chi connectivity index (χ1) is 19.9. The van der Waals surface area contributed by atoms with Crippen molar-refractivity contribution in [2.45, 2.75) is 44.8 Å². The number of hydrogen-bond donors (Lipinski definition) is 1. The van der Waals surface area contributed by atoms with E-state index in [1.54, 1.807) is 30.0 Å². The van der Waals surface area contributed by atoms with Gasteiger partial charge in [-0.15, -0.1) is 0 Å². The molecule has 1 saturated carbocycles. The van der Waals surface area contributed by atoms with Crippen molar-refractivity contribution in [3.05, 3.63) is 28.8 Å². The maximum Gasteiger partial charge on any atom is 0.317 e. The van der Waals surface area contributed by atoms with Crippen molar-refractivity contribution in [1.29, 1.82) is 0 Å². The van der Waals surface area contributed by atoms with Gasteiger partial charge < -0.3 is 15.1 Å². The fourth-order valence-corrected chi connectivity index (χ4v) is 2.94. The summed E-state index contributed by atoms with van der Waals surface area (Å²) in [6, 6.07) is -0.512. The second-order valence-corrected chi connectivity index (χ2v) is 6.74. The first-order valence-corrected chi connectivity index (χ1v) is 9.12. The monoisotopic (exact) mass is 423 g/mol. The van der Waals surface area contributed by atoms with Gasteiger partial charge in [-0.3, -0.25) is 4.90 Å². The molecule has 0 radical (unpaired) electrons. The number of urea groups is 1. The Morgan fingerprint density at radius 2 is 2.07 bits per heavy atom. The normalized spacial score (nSPS) is 46.4. The molecule has 1 aromatic carbocycles. The molecule has 1 heterocycles. The van der Waals surface area contributed by atoms with Crippen LogP contribution in [0.25, 0.3) is 0 Å². The summed E-state index contributed by atoms with van der Waals surface area (Å²) in [5, 5.41) is 1.89. The molecule has 1 aliphatic carbocycles. The minimum absolute atomic E-state index is 0.0232. The molecule has 1 aromatic rings. The minimum atomic E-state index is -4.26. The van der Waals surface area contributed by atoms with Crippen LogP contribution in [0.3, 0.4) is 0 Å². The Morgan fingerprint density at radius 3 is 2.75 bits per heavy atom. The van der Waals surface area contributed by atoms with Crippen LogP contribution in [0.2, 0.25) is 5.02 Å². The number of hydrogen-bond acceptors (Lipinski definition) is 3. The van der Waals surface area contributed by atoms with Gasteiger partial charge in [-0.2, -0.15) is 0 Å². The van der Waals surface area contributed by atoms with Gasteiger partial charge in [0.25, 0.3) is 0 Å². The molecule has 2 amide bonds. The first kappa shape index (κ1) is 8.35. The van der Waals surface area contributed by atoms with Gasteiger partial charge in [0.15, 0.2) is 0 Å². The van der Waals surface area contributed by atoms with Crippen LogP contribution in [0.1, 0.15) is 60.7 Å². The largest absolute Gasteiger partial charge is 0.368 e. The standard InChI is InChI=1S/C22H35ClN4O/c1-17-5-4-6-20(21(17)23)27-15-13-26(14-16-27)12-11-18-7-9-19(10-8-18)24-22(28)25(2)3/h4-6,18-19H,7-16H2,1-3H3,(H,24,28)/i2D3,7D2,8D2,9D2,10D2,11D2,12D2,18D,19D. The van der Waals surface area contributed by atoms with Crippen LogP contribution < -0.4 is 10.2 Å². The number of rotatable bonds is 5. The van der Waals surface area contributed by atoms with Crippen LogP contribution in [0.4, 0.5) is 10.5 Å². The topological polar surface area (TPSA) is 38.8 Å². The molecule has 0 bridgehead atoms. The van der Waals surface area contributed by atoms with Crippen molar-refractivity contribution in [2.24, 2.45) is 5.89 Å². The van der Waals surface area contributed by atoms with Gasteiger partial charge in [0.05, 0.1) is 12.1 Å². The molecule has 0 spiro atoms. The van der Waals surface area contributed by atoms with Gasteiger partial charge in [0.2, 0.25) is 0 Å². The molecule has 0 atom stereocenters. The zero-order valence-corrected chi connectivity index (χ0v) is 16.4. The molecule has 1 N–H and O–H groups in total. The summed E-state index contributed by atoms with van der Waals surface area (Å²) < 4.78 is 144. The highest BCUT2D eigenvalue weighted by molar-refractivity contribution is 6.34. The molecule has 0 unspecified atom stereocenters. The van der Waals surface area contributed by atoms with E-state index in [9.17, 15) is 4.79 Å². The van der Waals surface area contributed by atoms with Crippen molar-refractivity contribution >= 4 is 23.3 Å². The van der Waals surface area contributed by atoms with Crippen molar-refractivity contribution in [3.63, 3.8) is 0 Å². The van der Waals surface area contributed by atoms with Crippen molar-refractivity contribution < 1.29 is 28.1 Å². The van der Waals surface area contributed by atoms with E-state index in [0.717, 1.165) is 10.5 Å². The molecule has 6 heteroatoms. The predicted octanol–water partition coefficient (Wildman–Crippen LogP) is 3.99. The van der Waals surface area contributed by atoms with Crippen LogP contribution in [-0.2, 0) is 0 Å². The van der Waals surface area contributed by atoms with Crippen LogP contribution in [0, 0.1) is 12.8 Å². The molecule has 28 heavy (non-hydrogen) atoms. The number of carbonyl (C=O) groups is 1. The number of nitrogens with one attached hydrogen (secondary N) is 1. The molecular formula is C22H35ClN4O. The summed E-state index contributed by atoms with van der Waals surface area (Å²) in [4.78, 5) is 15.4. The predicted molar refractivity (Wildman–Crippen MR) is 117 cm³/mol. The average Bonchev–Trinajstić information content (AvgIpc) is 2.91. The highest BCUT2D eigenvalue weighted by Crippen LogP contribution is 2.30. The molecule has 156 valence electrons. The van der Waals surface area contributed by atoms with Crippen molar-refractivity contribution in [3.8, 4) is 0 Å². The van der Waals surface area contributed by atoms with Crippen molar-refractivity contribution in [2.75, 3.05) is 51.6 Å². The third kappa shape index (κ3) is 5.54.